The molecule has 1 aromatic carbocycles. The third-order valence-electron chi connectivity index (χ3n) is 9.41. The molecule has 2 fully saturated rings. The Morgan fingerprint density at radius 3 is 2.63 bits per heavy atom. The molecular weight excluding hydrogens is 668 g/mol. The van der Waals surface area contributed by atoms with Crippen molar-refractivity contribution in [3.8, 4) is 6.01 Å². The maximum atomic E-state index is 13.7. The van der Waals surface area contributed by atoms with Crippen LogP contribution in [0, 0.1) is 0 Å². The molecule has 5 heterocycles. The van der Waals surface area contributed by atoms with Crippen molar-refractivity contribution in [2.45, 2.75) is 69.6 Å². The molecule has 268 valence electrons. The van der Waals surface area contributed by atoms with Gasteiger partial charge in [-0.05, 0) is 62.9 Å². The number of benzene rings is 1. The van der Waals surface area contributed by atoms with Crippen LogP contribution in [-0.4, -0.2) is 97.0 Å². The Balaban J connectivity index is 0.000000396. The zero-order valence-corrected chi connectivity index (χ0v) is 28.9. The van der Waals surface area contributed by atoms with E-state index in [2.05, 4.69) is 26.8 Å². The molecule has 6 rings (SSSR count). The number of fused-ring (bicyclic) bond motifs is 2. The van der Waals surface area contributed by atoms with Gasteiger partial charge in [0.2, 0.25) is 0 Å². The monoisotopic (exact) mass is 710 g/mol. The molecule has 11 nitrogen and oxygen atoms in total. The fourth-order valence-electron chi connectivity index (χ4n) is 6.89. The third-order valence-corrected chi connectivity index (χ3v) is 9.83. The van der Waals surface area contributed by atoms with Crippen molar-refractivity contribution < 1.29 is 31.8 Å². The molecule has 0 aliphatic carbocycles. The van der Waals surface area contributed by atoms with Crippen LogP contribution in [0.2, 0.25) is 0 Å². The van der Waals surface area contributed by atoms with Gasteiger partial charge in [0, 0.05) is 56.9 Å². The first-order valence-electron chi connectivity index (χ1n) is 16.2. The van der Waals surface area contributed by atoms with Gasteiger partial charge in [0.15, 0.2) is 0 Å². The van der Waals surface area contributed by atoms with Crippen LogP contribution in [0.3, 0.4) is 0 Å². The third kappa shape index (κ3) is 8.04. The van der Waals surface area contributed by atoms with Crippen LogP contribution in [0.25, 0.3) is 0 Å². The number of carbonyl (C=O) groups is 1. The zero-order chi connectivity index (χ0) is 35.7. The van der Waals surface area contributed by atoms with Gasteiger partial charge >= 0.3 is 12.2 Å². The van der Waals surface area contributed by atoms with Gasteiger partial charge in [-0.1, -0.05) is 11.6 Å². The minimum atomic E-state index is -4.58. The van der Waals surface area contributed by atoms with Crippen molar-refractivity contribution in [1.82, 2.24) is 19.8 Å². The topological polar surface area (TPSA) is 135 Å². The lowest BCUT2D eigenvalue weighted by molar-refractivity contribution is -0.139. The van der Waals surface area contributed by atoms with Crippen molar-refractivity contribution in [1.29, 1.82) is 0 Å². The molecule has 49 heavy (non-hydrogen) atoms. The first-order valence-corrected chi connectivity index (χ1v) is 16.6. The van der Waals surface area contributed by atoms with Gasteiger partial charge in [0.1, 0.15) is 17.7 Å². The first kappa shape index (κ1) is 36.6. The smallest absolute Gasteiger partial charge is 0.416 e. The quantitative estimate of drug-likeness (QED) is 0.259. The van der Waals surface area contributed by atoms with Crippen LogP contribution < -0.4 is 21.1 Å². The van der Waals surface area contributed by atoms with E-state index in [1.807, 2.05) is 4.90 Å². The molecule has 2 saturated heterocycles. The average Bonchev–Trinajstić information content (AvgIpc) is 3.41. The number of aliphatic imine (C=N–C) groups is 1. The van der Waals surface area contributed by atoms with Gasteiger partial charge in [0.25, 0.3) is 5.91 Å². The number of alkyl halides is 4. The number of nitrogens with two attached hydrogens (primary N) is 2. The number of hydrogen-bond acceptors (Lipinski definition) is 10. The zero-order valence-electron chi connectivity index (χ0n) is 28.1. The van der Waals surface area contributed by atoms with E-state index in [9.17, 15) is 22.4 Å². The Morgan fingerprint density at radius 2 is 1.96 bits per heavy atom. The molecule has 4 N–H and O–H groups in total. The highest BCUT2D eigenvalue weighted by atomic mass is 35.5. The largest absolute Gasteiger partial charge is 0.467 e. The number of carbonyl (C=O) groups excluding carboxylic acids is 1. The molecule has 4 aliphatic heterocycles. The lowest BCUT2D eigenvalue weighted by atomic mass is 9.94. The first-order chi connectivity index (χ1) is 23.1. The molecule has 2 aromatic rings. The number of halogens is 5. The average molecular weight is 711 g/mol. The summed E-state index contributed by atoms with van der Waals surface area (Å²) in [5.74, 6) is 0.0364. The van der Waals surface area contributed by atoms with Crippen LogP contribution in [0.4, 0.5) is 29.1 Å². The highest BCUT2D eigenvalue weighted by molar-refractivity contribution is 6.45. The highest BCUT2D eigenvalue weighted by Crippen LogP contribution is 2.42. The number of rotatable bonds is 5. The number of nitrogen functional groups attached to an aromatic ring is 1. The Bertz CT molecular complexity index is 1620. The van der Waals surface area contributed by atoms with E-state index < -0.39 is 29.9 Å². The van der Waals surface area contributed by atoms with E-state index in [1.54, 1.807) is 14.1 Å². The second-order valence-electron chi connectivity index (χ2n) is 13.2. The van der Waals surface area contributed by atoms with E-state index in [0.29, 0.717) is 48.8 Å². The van der Waals surface area contributed by atoms with E-state index in [4.69, 9.17) is 32.5 Å². The second-order valence-corrected chi connectivity index (χ2v) is 13.6. The summed E-state index contributed by atoms with van der Waals surface area (Å²) in [5, 5.41) is 0.0492. The van der Waals surface area contributed by atoms with Crippen LogP contribution in [0.1, 0.15) is 61.1 Å². The van der Waals surface area contributed by atoms with E-state index in [0.717, 1.165) is 19.0 Å². The summed E-state index contributed by atoms with van der Waals surface area (Å²) in [4.78, 5) is 31.4. The predicted molar refractivity (Wildman–Crippen MR) is 179 cm³/mol. The molecule has 3 atom stereocenters. The molecule has 0 bridgehead atoms. The molecule has 1 amide bonds. The van der Waals surface area contributed by atoms with Crippen LogP contribution in [0.5, 0.6) is 6.01 Å². The summed E-state index contributed by atoms with van der Waals surface area (Å²) in [6, 6.07) is 3.50. The van der Waals surface area contributed by atoms with Gasteiger partial charge in [-0.25, -0.2) is 4.39 Å². The standard InChI is InChI=1S/C25H29ClF3N7O3.C8H14FN/c1-35(2)23(37)21(31)20(26)18-11-36(8-4-7-32-18)22-15-12-39-19(10-17(15)33-24(34-22)38-3)14-9-13(30)5-6-16(14)25(27,28)29;1-8-3-2-4-10(8)6-7(9)5-8/h5-6,9,19H,4,7-8,10-12,30-31H2,1-3H3;7H,2-6H2,1H3/b21-20+;. The molecule has 4 aliphatic rings. The predicted octanol–water partition coefficient (Wildman–Crippen LogP) is 4.63. The number of ether oxygens (including phenoxy) is 2. The maximum Gasteiger partial charge on any atom is 0.416 e. The van der Waals surface area contributed by atoms with Crippen molar-refractivity contribution in [2.75, 3.05) is 64.6 Å². The number of amides is 1. The summed E-state index contributed by atoms with van der Waals surface area (Å²) < 4.78 is 65.3. The Hall–Kier alpha value is -3.69. The molecule has 16 heteroatoms. The van der Waals surface area contributed by atoms with Crippen molar-refractivity contribution in [3.05, 3.63) is 51.3 Å². The van der Waals surface area contributed by atoms with Crippen LogP contribution in [-0.2, 0) is 28.7 Å². The SMILES string of the molecule is CC12CCCN1CC(F)C2.COc1nc2c(c(N3CCCN=C(/C(Cl)=C(\N)C(=O)N(C)C)C3)n1)COC(c1cc(N)ccc1C(F)(F)F)C2. The summed E-state index contributed by atoms with van der Waals surface area (Å²) in [5.41, 5.74) is 12.8. The van der Waals surface area contributed by atoms with Crippen molar-refractivity contribution in [2.24, 2.45) is 10.7 Å². The second kappa shape index (κ2) is 14.7. The lowest BCUT2D eigenvalue weighted by Crippen LogP contribution is -2.35. The van der Waals surface area contributed by atoms with E-state index in [1.165, 1.54) is 37.0 Å². The number of hydrogen-bond donors (Lipinski definition) is 2. The van der Waals surface area contributed by atoms with Gasteiger partial charge in [-0.15, -0.1) is 0 Å². The fourth-order valence-corrected chi connectivity index (χ4v) is 7.09. The van der Waals surface area contributed by atoms with Crippen molar-refractivity contribution in [3.63, 3.8) is 0 Å². The minimum absolute atomic E-state index is 0.0424. The molecular formula is C33H43ClF4N8O3. The summed E-state index contributed by atoms with van der Waals surface area (Å²) in [7, 11) is 4.54. The summed E-state index contributed by atoms with van der Waals surface area (Å²) >= 11 is 6.49. The highest BCUT2D eigenvalue weighted by Gasteiger charge is 2.45. The van der Waals surface area contributed by atoms with E-state index >= 15 is 0 Å². The molecule has 0 radical (unpaired) electrons. The molecule has 3 unspecified atom stereocenters. The Morgan fingerprint density at radius 1 is 1.20 bits per heavy atom. The van der Waals surface area contributed by atoms with Gasteiger partial charge in [0.05, 0.1) is 48.4 Å². The fraction of sp³-hybridized carbons (Fsp3) is 0.576. The number of methoxy groups -OCH3 is 1. The van der Waals surface area contributed by atoms with Crippen LogP contribution in [0.15, 0.2) is 33.9 Å². The normalized spacial score (nSPS) is 24.5. The van der Waals surface area contributed by atoms with E-state index in [-0.39, 0.29) is 53.1 Å². The Labute approximate surface area is 288 Å². The molecule has 1 aromatic heterocycles. The van der Waals surface area contributed by atoms with Gasteiger partial charge in [-0.3, -0.25) is 14.7 Å². The lowest BCUT2D eigenvalue weighted by Gasteiger charge is -2.31. The molecule has 0 spiro atoms. The maximum absolute atomic E-state index is 13.7. The van der Waals surface area contributed by atoms with Gasteiger partial charge in [-0.2, -0.15) is 23.1 Å². The van der Waals surface area contributed by atoms with Crippen molar-refractivity contribution >= 4 is 34.7 Å². The Kier molecular flexibility index (Phi) is 10.9. The summed E-state index contributed by atoms with van der Waals surface area (Å²) in [6.07, 6.45) is -2.12. The number of anilines is 2. The number of aromatic nitrogens is 2. The minimum Gasteiger partial charge on any atom is -0.467 e. The summed E-state index contributed by atoms with van der Waals surface area (Å²) in [6.45, 7) is 5.13. The van der Waals surface area contributed by atoms with Crippen LogP contribution >= 0.6 is 11.6 Å². The van der Waals surface area contributed by atoms with Gasteiger partial charge < -0.3 is 30.7 Å². The number of nitrogens with zero attached hydrogens (tertiary/aromatic N) is 6. The number of likely N-dealkylation sites (N-methyl/N-ethyl adjacent to an activating group) is 1. The molecule has 0 saturated carbocycles.